The normalized spacial score (nSPS) is 14.2. The van der Waals surface area contributed by atoms with E-state index < -0.39 is 0 Å². The summed E-state index contributed by atoms with van der Waals surface area (Å²) in [4.78, 5) is 0. The smallest absolute Gasteiger partial charge is 0.0133 e. The van der Waals surface area contributed by atoms with Crippen LogP contribution in [0.3, 0.4) is 0 Å². The van der Waals surface area contributed by atoms with Crippen molar-refractivity contribution in [2.24, 2.45) is 11.8 Å². The Balaban J connectivity index is 0.000000720. The van der Waals surface area contributed by atoms with Crippen LogP contribution in [0.4, 0.5) is 0 Å². The Hall–Kier alpha value is -5.72. The molecule has 0 radical (unpaired) electrons. The van der Waals surface area contributed by atoms with Gasteiger partial charge in [-0.25, -0.2) is 0 Å². The molecule has 7 aromatic rings. The largest absolute Gasteiger partial charge is 0.0985 e. The van der Waals surface area contributed by atoms with Crippen molar-refractivity contribution >= 4 is 6.08 Å². The lowest BCUT2D eigenvalue weighted by molar-refractivity contribution is 0.364. The highest BCUT2D eigenvalue weighted by molar-refractivity contribution is 5.45. The summed E-state index contributed by atoms with van der Waals surface area (Å²) in [5.41, 5.74) is 10.0. The molecule has 0 bridgehead atoms. The van der Waals surface area contributed by atoms with Crippen LogP contribution in [0.1, 0.15) is 141 Å². The molecule has 0 aliphatic rings. The van der Waals surface area contributed by atoms with Crippen LogP contribution in [0.2, 0.25) is 0 Å². The van der Waals surface area contributed by atoms with Gasteiger partial charge in [-0.1, -0.05) is 253 Å². The van der Waals surface area contributed by atoms with Crippen molar-refractivity contribution in [3.05, 3.63) is 258 Å². The average molecular weight is 815 g/mol. The summed E-state index contributed by atoms with van der Waals surface area (Å²) in [5.74, 6) is 3.94. The second-order valence-corrected chi connectivity index (χ2v) is 18.2. The first-order valence-corrected chi connectivity index (χ1v) is 23.3. The molecule has 0 heterocycles. The Morgan fingerprint density at radius 1 is 0.306 bits per heavy atom. The van der Waals surface area contributed by atoms with Gasteiger partial charge in [-0.15, -0.1) is 0 Å². The highest BCUT2D eigenvalue weighted by Crippen LogP contribution is 2.46. The number of rotatable bonds is 20. The van der Waals surface area contributed by atoms with Crippen LogP contribution in [-0.4, -0.2) is 0 Å². The summed E-state index contributed by atoms with van der Waals surface area (Å²) >= 11 is 0. The van der Waals surface area contributed by atoms with Gasteiger partial charge in [0.25, 0.3) is 0 Å². The standard InChI is InChI=1S/C54H62.C8H8/c1-41(2)35-49(43-23-11-5-12-24-43)36-50(44-25-13-6-14-26-44)37-51(45-27-15-7-16-28-45)38-52(46-29-17-8-18-30-46)39-53(47-31-19-9-20-32-47)40-54(42(3)4)48-33-21-10-22-34-48;1-2-8-6-4-3-5-7-8/h5-34,41-42,49-54H,35-40H2,1-4H3;2-7H,1H2. The van der Waals surface area contributed by atoms with Crippen molar-refractivity contribution in [1.29, 1.82) is 0 Å². The number of benzene rings is 7. The SMILES string of the molecule is C=Cc1ccccc1.CC(C)CC(CC(CC(CC(CC(CC(c1ccccc1)C(C)C)c1ccccc1)c1ccccc1)c1ccccc1)c1ccccc1)c1ccccc1. The van der Waals surface area contributed by atoms with Crippen LogP contribution in [0.5, 0.6) is 0 Å². The quantitative estimate of drug-likeness (QED) is 0.0719. The molecule has 0 aliphatic carbocycles. The first kappa shape index (κ1) is 45.8. The Kier molecular flexibility index (Phi) is 18.2. The maximum absolute atomic E-state index is 3.63. The van der Waals surface area contributed by atoms with Gasteiger partial charge >= 0.3 is 0 Å². The Labute approximate surface area is 375 Å². The Morgan fingerprint density at radius 2 is 0.548 bits per heavy atom. The van der Waals surface area contributed by atoms with Crippen LogP contribution in [-0.2, 0) is 0 Å². The summed E-state index contributed by atoms with van der Waals surface area (Å²) < 4.78 is 0. The third-order valence-corrected chi connectivity index (χ3v) is 13.0. The van der Waals surface area contributed by atoms with Crippen molar-refractivity contribution in [3.63, 3.8) is 0 Å². The molecule has 0 spiro atoms. The second kappa shape index (κ2) is 24.7. The topological polar surface area (TPSA) is 0 Å². The zero-order chi connectivity index (χ0) is 43.4. The predicted octanol–water partition coefficient (Wildman–Crippen LogP) is 17.7. The molecule has 7 aromatic carbocycles. The van der Waals surface area contributed by atoms with E-state index in [2.05, 4.69) is 216 Å². The first-order chi connectivity index (χ1) is 30.4. The summed E-state index contributed by atoms with van der Waals surface area (Å²) in [6.07, 6.45) is 8.72. The van der Waals surface area contributed by atoms with E-state index in [0.29, 0.717) is 47.3 Å². The molecule has 0 saturated carbocycles. The molecule has 0 aromatic heterocycles. The van der Waals surface area contributed by atoms with E-state index >= 15 is 0 Å². The van der Waals surface area contributed by atoms with Crippen molar-refractivity contribution in [2.75, 3.05) is 0 Å². The Morgan fingerprint density at radius 3 is 0.790 bits per heavy atom. The van der Waals surface area contributed by atoms with E-state index in [-0.39, 0.29) is 0 Å². The molecule has 7 rings (SSSR count). The third-order valence-electron chi connectivity index (χ3n) is 13.0. The van der Waals surface area contributed by atoms with Crippen molar-refractivity contribution in [3.8, 4) is 0 Å². The monoisotopic (exact) mass is 815 g/mol. The minimum Gasteiger partial charge on any atom is -0.0985 e. The van der Waals surface area contributed by atoms with Gasteiger partial charge in [0, 0.05) is 0 Å². The lowest BCUT2D eigenvalue weighted by Gasteiger charge is -2.34. The second-order valence-electron chi connectivity index (χ2n) is 18.2. The minimum absolute atomic E-state index is 0.419. The van der Waals surface area contributed by atoms with E-state index in [4.69, 9.17) is 0 Å². The van der Waals surface area contributed by atoms with Gasteiger partial charge in [-0.3, -0.25) is 0 Å². The lowest BCUT2D eigenvalue weighted by Crippen LogP contribution is -2.18. The molecule has 0 amide bonds. The van der Waals surface area contributed by atoms with Crippen molar-refractivity contribution in [1.82, 2.24) is 0 Å². The van der Waals surface area contributed by atoms with Crippen LogP contribution in [0.15, 0.2) is 219 Å². The average Bonchev–Trinajstić information content (AvgIpc) is 3.33. The van der Waals surface area contributed by atoms with Gasteiger partial charge in [0.2, 0.25) is 0 Å². The fourth-order valence-corrected chi connectivity index (χ4v) is 9.80. The lowest BCUT2D eigenvalue weighted by atomic mass is 9.71. The molecule has 62 heavy (non-hydrogen) atoms. The highest BCUT2D eigenvalue weighted by atomic mass is 14.3. The van der Waals surface area contributed by atoms with Crippen LogP contribution in [0.25, 0.3) is 6.08 Å². The summed E-state index contributed by atoms with van der Waals surface area (Å²) in [7, 11) is 0. The molecule has 0 heteroatoms. The molecule has 0 fully saturated rings. The summed E-state index contributed by atoms with van der Waals surface area (Å²) in [6, 6.07) is 78.4. The Bertz CT molecular complexity index is 2210. The van der Waals surface area contributed by atoms with Crippen molar-refractivity contribution < 1.29 is 0 Å². The molecule has 6 atom stereocenters. The van der Waals surface area contributed by atoms with E-state index in [1.54, 1.807) is 0 Å². The van der Waals surface area contributed by atoms with Gasteiger partial charge in [0.1, 0.15) is 0 Å². The zero-order valence-electron chi connectivity index (χ0n) is 37.9. The number of hydrogen-bond donors (Lipinski definition) is 0. The van der Waals surface area contributed by atoms with Gasteiger partial charge in [-0.2, -0.15) is 0 Å². The molecular formula is C62H70. The fourth-order valence-electron chi connectivity index (χ4n) is 9.80. The fraction of sp³-hybridized carbons (Fsp3) is 0.290. The van der Waals surface area contributed by atoms with Gasteiger partial charge in [-0.05, 0) is 125 Å². The third kappa shape index (κ3) is 14.2. The van der Waals surface area contributed by atoms with E-state index in [0.717, 1.165) is 32.1 Å². The van der Waals surface area contributed by atoms with E-state index in [1.165, 1.54) is 45.4 Å². The first-order valence-electron chi connectivity index (χ1n) is 23.3. The molecular weight excluding hydrogens is 745 g/mol. The molecule has 0 nitrogen and oxygen atoms in total. The van der Waals surface area contributed by atoms with Gasteiger partial charge in [0.05, 0.1) is 0 Å². The van der Waals surface area contributed by atoms with Crippen LogP contribution < -0.4 is 0 Å². The van der Waals surface area contributed by atoms with Crippen molar-refractivity contribution in [2.45, 2.75) is 102 Å². The van der Waals surface area contributed by atoms with E-state index in [9.17, 15) is 0 Å². The van der Waals surface area contributed by atoms with Crippen LogP contribution in [0, 0.1) is 11.8 Å². The maximum Gasteiger partial charge on any atom is -0.0133 e. The number of hydrogen-bond acceptors (Lipinski definition) is 0. The maximum atomic E-state index is 3.63. The minimum atomic E-state index is 0.419. The molecule has 0 N–H and O–H groups in total. The molecule has 318 valence electrons. The van der Waals surface area contributed by atoms with Gasteiger partial charge in [0.15, 0.2) is 0 Å². The summed E-state index contributed by atoms with van der Waals surface area (Å²) in [6.45, 7) is 13.2. The van der Waals surface area contributed by atoms with E-state index in [1.807, 2.05) is 36.4 Å². The molecule has 0 aliphatic heterocycles. The highest BCUT2D eigenvalue weighted by Gasteiger charge is 2.30. The van der Waals surface area contributed by atoms with Crippen LogP contribution >= 0.6 is 0 Å². The predicted molar refractivity (Wildman–Crippen MR) is 269 cm³/mol. The zero-order valence-corrected chi connectivity index (χ0v) is 37.9. The summed E-state index contributed by atoms with van der Waals surface area (Å²) in [5, 5.41) is 0. The molecule has 6 unspecified atom stereocenters. The molecule has 0 saturated heterocycles. The van der Waals surface area contributed by atoms with Gasteiger partial charge < -0.3 is 0 Å².